The maximum Gasteiger partial charge on any atom is 0.0266 e. The molecule has 0 amide bonds. The normalized spacial score (nSPS) is 55.5. The summed E-state index contributed by atoms with van der Waals surface area (Å²) in [6.07, 6.45) is 0. The third kappa shape index (κ3) is 0.827. The van der Waals surface area contributed by atoms with E-state index in [-0.39, 0.29) is 0 Å². The molecule has 0 saturated heterocycles. The average Bonchev–Trinajstić information content (AvgIpc) is 1.94. The van der Waals surface area contributed by atoms with E-state index in [0.717, 1.165) is 13.8 Å². The van der Waals surface area contributed by atoms with Crippen LogP contribution in [0.2, 0.25) is 0 Å². The van der Waals surface area contributed by atoms with Gasteiger partial charge in [0.2, 0.25) is 0 Å². The molecular formula is C4H6I2. The molecule has 0 aromatic carbocycles. The van der Waals surface area contributed by atoms with Crippen molar-refractivity contribution in [2.75, 3.05) is 0 Å². The van der Waals surface area contributed by atoms with Gasteiger partial charge in [-0.2, -0.15) is 0 Å². The number of halogens is 2. The summed E-state index contributed by atoms with van der Waals surface area (Å²) in [4.78, 5) is 0. The Morgan fingerprint density at radius 2 is 1.33 bits per heavy atom. The molecule has 0 unspecified atom stereocenters. The van der Waals surface area contributed by atoms with Crippen LogP contribution in [-0.4, -0.2) is 7.85 Å². The van der Waals surface area contributed by atoms with Gasteiger partial charge >= 0.3 is 0 Å². The number of hydrogen-bond acceptors (Lipinski definition) is 0. The molecule has 0 bridgehead atoms. The zero-order valence-electron chi connectivity index (χ0n) is 3.49. The van der Waals surface area contributed by atoms with Crippen LogP contribution in [0, 0.1) is 5.92 Å². The Morgan fingerprint density at radius 1 is 1.17 bits per heavy atom. The first-order valence-electron chi connectivity index (χ1n) is 2.01. The molecule has 0 N–H and O–H groups in total. The van der Waals surface area contributed by atoms with Gasteiger partial charge in [-0.15, -0.1) is 0 Å². The monoisotopic (exact) mass is 308 g/mol. The summed E-state index contributed by atoms with van der Waals surface area (Å²) in [5.74, 6) is 0.992. The van der Waals surface area contributed by atoms with Crippen molar-refractivity contribution in [2.45, 2.75) is 14.8 Å². The molecule has 1 aliphatic carbocycles. The van der Waals surface area contributed by atoms with E-state index in [1.165, 1.54) is 0 Å². The fourth-order valence-corrected chi connectivity index (χ4v) is 2.89. The van der Waals surface area contributed by atoms with Crippen molar-refractivity contribution in [1.82, 2.24) is 0 Å². The van der Waals surface area contributed by atoms with Gasteiger partial charge in [-0.3, -0.25) is 0 Å². The average molecular weight is 308 g/mol. The second kappa shape index (κ2) is 1.76. The molecule has 1 fully saturated rings. The molecule has 2 heteroatoms. The fourth-order valence-electron chi connectivity index (χ4n) is 0.368. The molecule has 1 aliphatic rings. The van der Waals surface area contributed by atoms with E-state index in [1.807, 2.05) is 0 Å². The Bertz CT molecular complexity index is 42.3. The van der Waals surface area contributed by atoms with Crippen LogP contribution < -0.4 is 0 Å². The summed E-state index contributed by atoms with van der Waals surface area (Å²) in [5, 5.41) is 0. The first kappa shape index (κ1) is 5.59. The molecule has 0 aliphatic heterocycles. The lowest BCUT2D eigenvalue weighted by molar-refractivity contribution is 1.01. The third-order valence-electron chi connectivity index (χ3n) is 1.17. The quantitative estimate of drug-likeness (QED) is 0.476. The molecule has 0 spiro atoms. The first-order valence-corrected chi connectivity index (χ1v) is 4.51. The molecule has 1 saturated carbocycles. The lowest BCUT2D eigenvalue weighted by Crippen LogP contribution is -1.61. The topological polar surface area (TPSA) is 0 Å². The molecular weight excluding hydrogens is 302 g/mol. The van der Waals surface area contributed by atoms with Crippen LogP contribution in [0.5, 0.6) is 0 Å². The molecule has 0 nitrogen and oxygen atoms in total. The van der Waals surface area contributed by atoms with E-state index < -0.39 is 0 Å². The van der Waals surface area contributed by atoms with Gasteiger partial charge in [0.15, 0.2) is 0 Å². The van der Waals surface area contributed by atoms with Crippen LogP contribution in [0.15, 0.2) is 0 Å². The SMILES string of the molecule is C[C@@H]1[C@@H](I)[C@H]1I. The van der Waals surface area contributed by atoms with Crippen LogP contribution in [0.1, 0.15) is 6.92 Å². The Balaban J connectivity index is 2.31. The summed E-state index contributed by atoms with van der Waals surface area (Å²) in [6, 6.07) is 0. The molecule has 1 rings (SSSR count). The maximum absolute atomic E-state index is 2.50. The molecule has 0 heterocycles. The van der Waals surface area contributed by atoms with Gasteiger partial charge in [-0.25, -0.2) is 0 Å². The predicted octanol–water partition coefficient (Wildman–Crippen LogP) is 2.24. The van der Waals surface area contributed by atoms with Gasteiger partial charge in [0.1, 0.15) is 0 Å². The lowest BCUT2D eigenvalue weighted by Gasteiger charge is -1.64. The van der Waals surface area contributed by atoms with E-state index in [9.17, 15) is 0 Å². The number of rotatable bonds is 0. The zero-order chi connectivity index (χ0) is 4.73. The molecule has 0 aromatic rings. The standard InChI is InChI=1S/C4H6I2/c1-2-3(5)4(2)6/h2-4H,1H3/t2-,3-,4+. The number of hydrogen-bond donors (Lipinski definition) is 0. The van der Waals surface area contributed by atoms with Gasteiger partial charge in [-0.1, -0.05) is 52.1 Å². The first-order chi connectivity index (χ1) is 2.73. The molecule has 0 radical (unpaired) electrons. The van der Waals surface area contributed by atoms with Gasteiger partial charge in [0, 0.05) is 7.85 Å². The minimum Gasteiger partial charge on any atom is -0.0811 e. The van der Waals surface area contributed by atoms with E-state index in [0.29, 0.717) is 0 Å². The van der Waals surface area contributed by atoms with Crippen LogP contribution in [0.4, 0.5) is 0 Å². The van der Waals surface area contributed by atoms with Crippen molar-refractivity contribution in [2.24, 2.45) is 5.92 Å². The summed E-state index contributed by atoms with van der Waals surface area (Å²) in [7, 11) is 0. The second-order valence-corrected chi connectivity index (χ2v) is 4.62. The van der Waals surface area contributed by atoms with Gasteiger partial charge in [-0.05, 0) is 5.92 Å². The zero-order valence-corrected chi connectivity index (χ0v) is 7.80. The van der Waals surface area contributed by atoms with Crippen molar-refractivity contribution >= 4 is 45.2 Å². The summed E-state index contributed by atoms with van der Waals surface area (Å²) in [6.45, 7) is 2.30. The Kier molecular flexibility index (Phi) is 1.64. The van der Waals surface area contributed by atoms with Crippen molar-refractivity contribution in [1.29, 1.82) is 0 Å². The van der Waals surface area contributed by atoms with Crippen LogP contribution in [0.3, 0.4) is 0 Å². The van der Waals surface area contributed by atoms with Gasteiger partial charge in [0.25, 0.3) is 0 Å². The van der Waals surface area contributed by atoms with Crippen LogP contribution in [0.25, 0.3) is 0 Å². The highest BCUT2D eigenvalue weighted by Crippen LogP contribution is 2.44. The molecule has 36 valence electrons. The smallest absolute Gasteiger partial charge is 0.0266 e. The maximum atomic E-state index is 2.50. The fraction of sp³-hybridized carbons (Fsp3) is 1.00. The van der Waals surface area contributed by atoms with Crippen molar-refractivity contribution < 1.29 is 0 Å². The Labute approximate surface area is 65.4 Å². The highest BCUT2D eigenvalue weighted by Gasteiger charge is 2.42. The van der Waals surface area contributed by atoms with Crippen LogP contribution in [-0.2, 0) is 0 Å². The van der Waals surface area contributed by atoms with Crippen molar-refractivity contribution in [3.8, 4) is 0 Å². The van der Waals surface area contributed by atoms with Crippen LogP contribution >= 0.6 is 45.2 Å². The molecule has 6 heavy (non-hydrogen) atoms. The highest BCUT2D eigenvalue weighted by molar-refractivity contribution is 14.1. The van der Waals surface area contributed by atoms with Gasteiger partial charge < -0.3 is 0 Å². The van der Waals surface area contributed by atoms with Crippen molar-refractivity contribution in [3.63, 3.8) is 0 Å². The van der Waals surface area contributed by atoms with E-state index in [2.05, 4.69) is 52.1 Å². The number of alkyl halides is 2. The van der Waals surface area contributed by atoms with Crippen molar-refractivity contribution in [3.05, 3.63) is 0 Å². The predicted molar refractivity (Wildman–Crippen MR) is 44.8 cm³/mol. The summed E-state index contributed by atoms with van der Waals surface area (Å²) >= 11 is 5.00. The molecule has 0 aromatic heterocycles. The lowest BCUT2D eigenvalue weighted by atomic mass is 10.5. The Morgan fingerprint density at radius 3 is 1.33 bits per heavy atom. The third-order valence-corrected chi connectivity index (χ3v) is 6.36. The van der Waals surface area contributed by atoms with Gasteiger partial charge in [0.05, 0.1) is 0 Å². The molecule has 3 atom stereocenters. The summed E-state index contributed by atoms with van der Waals surface area (Å²) < 4.78 is 1.95. The second-order valence-electron chi connectivity index (χ2n) is 1.75. The largest absolute Gasteiger partial charge is 0.0811 e. The minimum atomic E-state index is 0.975. The minimum absolute atomic E-state index is 0.975. The summed E-state index contributed by atoms with van der Waals surface area (Å²) in [5.41, 5.74) is 0. The van der Waals surface area contributed by atoms with E-state index in [4.69, 9.17) is 0 Å². The highest BCUT2D eigenvalue weighted by atomic mass is 127. The van der Waals surface area contributed by atoms with E-state index in [1.54, 1.807) is 0 Å². The van der Waals surface area contributed by atoms with E-state index >= 15 is 0 Å². The Hall–Kier alpha value is 1.46.